The zero-order valence-electron chi connectivity index (χ0n) is 13.5. The molecule has 2 heterocycles. The number of hydrogen-bond acceptors (Lipinski definition) is 3. The maximum absolute atomic E-state index is 4.45. The van der Waals surface area contributed by atoms with Crippen molar-refractivity contribution < 1.29 is 0 Å². The van der Waals surface area contributed by atoms with E-state index in [4.69, 9.17) is 0 Å². The fraction of sp³-hybridized carbons (Fsp3) is 0.812. The van der Waals surface area contributed by atoms with E-state index in [1.165, 1.54) is 25.2 Å². The molecule has 0 aromatic carbocycles. The van der Waals surface area contributed by atoms with E-state index < -0.39 is 0 Å². The van der Waals surface area contributed by atoms with E-state index in [1.54, 1.807) is 0 Å². The van der Waals surface area contributed by atoms with Gasteiger partial charge in [0.15, 0.2) is 0 Å². The van der Waals surface area contributed by atoms with Gasteiger partial charge in [0.1, 0.15) is 5.82 Å². The Morgan fingerprint density at radius 1 is 1.45 bits per heavy atom. The summed E-state index contributed by atoms with van der Waals surface area (Å²) in [5, 5.41) is 3.71. The molecular formula is C16H30N4. The Bertz CT molecular complexity index is 401. The number of nitrogens with zero attached hydrogens (tertiary/aromatic N) is 3. The predicted octanol–water partition coefficient (Wildman–Crippen LogP) is 2.06. The van der Waals surface area contributed by atoms with Crippen molar-refractivity contribution in [1.29, 1.82) is 0 Å². The minimum Gasteiger partial charge on any atom is -0.338 e. The van der Waals surface area contributed by atoms with Gasteiger partial charge in [-0.15, -0.1) is 0 Å². The number of rotatable bonds is 6. The standard InChI is InChI=1S/C16H30N4/c1-5-13(3)15-11-18-14(6-2)12-20(15)9-7-16-17-8-10-19(16)4/h8,10,13-15,18H,5-7,9,11-12H2,1-4H3. The van der Waals surface area contributed by atoms with Crippen LogP contribution in [0.3, 0.4) is 0 Å². The summed E-state index contributed by atoms with van der Waals surface area (Å²) in [6.07, 6.45) is 7.45. The Balaban J connectivity index is 1.97. The fourth-order valence-electron chi connectivity index (χ4n) is 3.14. The van der Waals surface area contributed by atoms with E-state index >= 15 is 0 Å². The summed E-state index contributed by atoms with van der Waals surface area (Å²) in [5.41, 5.74) is 0. The van der Waals surface area contributed by atoms with Crippen LogP contribution < -0.4 is 5.32 Å². The van der Waals surface area contributed by atoms with Crippen molar-refractivity contribution in [2.75, 3.05) is 19.6 Å². The molecule has 1 aliphatic rings. The molecule has 0 radical (unpaired) electrons. The lowest BCUT2D eigenvalue weighted by molar-refractivity contribution is 0.0908. The van der Waals surface area contributed by atoms with Crippen LogP contribution in [0.15, 0.2) is 12.4 Å². The zero-order valence-corrected chi connectivity index (χ0v) is 13.5. The second-order valence-electron chi connectivity index (χ2n) is 6.17. The average Bonchev–Trinajstić information content (AvgIpc) is 2.89. The lowest BCUT2D eigenvalue weighted by Crippen LogP contribution is -2.58. The molecule has 1 aromatic heterocycles. The molecule has 1 N–H and O–H groups in total. The number of nitrogens with one attached hydrogen (secondary N) is 1. The van der Waals surface area contributed by atoms with Crippen LogP contribution in [-0.4, -0.2) is 46.2 Å². The Morgan fingerprint density at radius 2 is 2.25 bits per heavy atom. The van der Waals surface area contributed by atoms with Crippen molar-refractivity contribution in [1.82, 2.24) is 19.8 Å². The van der Waals surface area contributed by atoms with Crippen LogP contribution in [0.1, 0.15) is 39.4 Å². The number of aryl methyl sites for hydroxylation is 1. The highest BCUT2D eigenvalue weighted by molar-refractivity contribution is 4.94. The third-order valence-corrected chi connectivity index (χ3v) is 4.88. The van der Waals surface area contributed by atoms with Crippen LogP contribution >= 0.6 is 0 Å². The molecule has 1 aromatic rings. The normalized spacial score (nSPS) is 25.8. The maximum atomic E-state index is 4.45. The molecule has 3 atom stereocenters. The number of imidazole rings is 1. The molecule has 0 spiro atoms. The van der Waals surface area contributed by atoms with Crippen LogP contribution in [0.2, 0.25) is 0 Å². The fourth-order valence-corrected chi connectivity index (χ4v) is 3.14. The molecular weight excluding hydrogens is 248 g/mol. The van der Waals surface area contributed by atoms with E-state index in [-0.39, 0.29) is 0 Å². The zero-order chi connectivity index (χ0) is 14.5. The SMILES string of the molecule is CCC1CN(CCc2nccn2C)C(C(C)CC)CN1. The average molecular weight is 278 g/mol. The van der Waals surface area contributed by atoms with E-state index in [0.29, 0.717) is 12.1 Å². The first-order chi connectivity index (χ1) is 9.65. The smallest absolute Gasteiger partial charge is 0.109 e. The monoisotopic (exact) mass is 278 g/mol. The largest absolute Gasteiger partial charge is 0.338 e. The van der Waals surface area contributed by atoms with E-state index in [2.05, 4.69) is 47.6 Å². The lowest BCUT2D eigenvalue weighted by Gasteiger charge is -2.43. The highest BCUT2D eigenvalue weighted by atomic mass is 15.2. The van der Waals surface area contributed by atoms with Crippen molar-refractivity contribution in [2.24, 2.45) is 13.0 Å². The molecule has 0 saturated carbocycles. The van der Waals surface area contributed by atoms with Gasteiger partial charge in [-0.05, 0) is 12.3 Å². The summed E-state index contributed by atoms with van der Waals surface area (Å²) in [6, 6.07) is 1.32. The molecule has 4 heteroatoms. The van der Waals surface area contributed by atoms with Gasteiger partial charge in [-0.2, -0.15) is 0 Å². The molecule has 114 valence electrons. The lowest BCUT2D eigenvalue weighted by atomic mass is 9.94. The van der Waals surface area contributed by atoms with Gasteiger partial charge in [-0.3, -0.25) is 4.90 Å². The first-order valence-electron chi connectivity index (χ1n) is 8.09. The highest BCUT2D eigenvalue weighted by Gasteiger charge is 2.29. The Morgan fingerprint density at radius 3 is 2.85 bits per heavy atom. The van der Waals surface area contributed by atoms with Crippen molar-refractivity contribution in [3.63, 3.8) is 0 Å². The number of aromatic nitrogens is 2. The molecule has 2 rings (SSSR count). The van der Waals surface area contributed by atoms with Crippen molar-refractivity contribution in [3.8, 4) is 0 Å². The topological polar surface area (TPSA) is 33.1 Å². The molecule has 1 saturated heterocycles. The number of hydrogen-bond donors (Lipinski definition) is 1. The van der Waals surface area contributed by atoms with Gasteiger partial charge in [0.05, 0.1) is 0 Å². The molecule has 1 aliphatic heterocycles. The van der Waals surface area contributed by atoms with Gasteiger partial charge in [-0.1, -0.05) is 27.2 Å². The maximum Gasteiger partial charge on any atom is 0.109 e. The molecule has 1 fully saturated rings. The molecule has 0 aliphatic carbocycles. The highest BCUT2D eigenvalue weighted by Crippen LogP contribution is 2.19. The van der Waals surface area contributed by atoms with Gasteiger partial charge in [-0.25, -0.2) is 4.98 Å². The molecule has 20 heavy (non-hydrogen) atoms. The summed E-state index contributed by atoms with van der Waals surface area (Å²) in [6.45, 7) is 10.4. The molecule has 0 bridgehead atoms. The Kier molecular flexibility index (Phi) is 5.61. The van der Waals surface area contributed by atoms with E-state index in [9.17, 15) is 0 Å². The minimum atomic E-state index is 0.650. The third kappa shape index (κ3) is 3.61. The van der Waals surface area contributed by atoms with Gasteiger partial charge < -0.3 is 9.88 Å². The van der Waals surface area contributed by atoms with Gasteiger partial charge in [0, 0.05) is 57.6 Å². The summed E-state index contributed by atoms with van der Waals surface area (Å²) < 4.78 is 2.14. The number of piperazine rings is 1. The summed E-state index contributed by atoms with van der Waals surface area (Å²) in [4.78, 5) is 7.14. The van der Waals surface area contributed by atoms with E-state index in [0.717, 1.165) is 25.4 Å². The van der Waals surface area contributed by atoms with E-state index in [1.807, 2.05) is 12.4 Å². The summed E-state index contributed by atoms with van der Waals surface area (Å²) in [7, 11) is 2.08. The Labute approximate surface area is 123 Å². The van der Waals surface area contributed by atoms with Crippen molar-refractivity contribution in [3.05, 3.63) is 18.2 Å². The predicted molar refractivity (Wildman–Crippen MR) is 83.8 cm³/mol. The first-order valence-corrected chi connectivity index (χ1v) is 8.09. The first kappa shape index (κ1) is 15.5. The van der Waals surface area contributed by atoms with Crippen LogP contribution in [0.5, 0.6) is 0 Å². The van der Waals surface area contributed by atoms with Crippen LogP contribution in [0, 0.1) is 5.92 Å². The second kappa shape index (κ2) is 7.23. The van der Waals surface area contributed by atoms with Crippen molar-refractivity contribution >= 4 is 0 Å². The van der Waals surface area contributed by atoms with Gasteiger partial charge in [0.2, 0.25) is 0 Å². The molecule has 0 amide bonds. The van der Waals surface area contributed by atoms with Crippen molar-refractivity contribution in [2.45, 2.75) is 52.1 Å². The summed E-state index contributed by atoms with van der Waals surface area (Å²) >= 11 is 0. The van der Waals surface area contributed by atoms with Crippen LogP contribution in [-0.2, 0) is 13.5 Å². The van der Waals surface area contributed by atoms with Gasteiger partial charge in [0.25, 0.3) is 0 Å². The van der Waals surface area contributed by atoms with Gasteiger partial charge >= 0.3 is 0 Å². The van der Waals surface area contributed by atoms with Crippen LogP contribution in [0.4, 0.5) is 0 Å². The minimum absolute atomic E-state index is 0.650. The molecule has 4 nitrogen and oxygen atoms in total. The quantitative estimate of drug-likeness (QED) is 0.864. The Hall–Kier alpha value is -0.870. The summed E-state index contributed by atoms with van der Waals surface area (Å²) in [5.74, 6) is 1.95. The molecule has 3 unspecified atom stereocenters. The third-order valence-electron chi connectivity index (χ3n) is 4.88. The van der Waals surface area contributed by atoms with Crippen LogP contribution in [0.25, 0.3) is 0 Å². The second-order valence-corrected chi connectivity index (χ2v) is 6.17.